The Hall–Kier alpha value is -1.06. The highest BCUT2D eigenvalue weighted by Crippen LogP contribution is 2.36. The lowest BCUT2D eigenvalue weighted by atomic mass is 9.74. The Balaban J connectivity index is 2.64. The number of nitrogens with one attached hydrogen (secondary N) is 1. The lowest BCUT2D eigenvalue weighted by Crippen LogP contribution is -2.47. The molecule has 0 aliphatic heterocycles. The van der Waals surface area contributed by atoms with Gasteiger partial charge in [-0.15, -0.1) is 0 Å². The summed E-state index contributed by atoms with van der Waals surface area (Å²) in [6.45, 7) is 5.98. The summed E-state index contributed by atoms with van der Waals surface area (Å²) in [6.07, 6.45) is 6.29. The Morgan fingerprint density at radius 1 is 1.16 bits per heavy atom. The number of rotatable bonds is 6. The maximum Gasteiger partial charge on any atom is 0.311 e. The average Bonchev–Trinajstić information content (AvgIpc) is 2.40. The molecular weight excluding hydrogens is 242 g/mol. The molecule has 0 bridgehead atoms. The summed E-state index contributed by atoms with van der Waals surface area (Å²) in [7, 11) is 0. The van der Waals surface area contributed by atoms with E-state index in [4.69, 9.17) is 0 Å². The van der Waals surface area contributed by atoms with E-state index in [9.17, 15) is 14.7 Å². The molecule has 1 aliphatic rings. The summed E-state index contributed by atoms with van der Waals surface area (Å²) in [5.74, 6) is -0.786. The third-order valence-electron chi connectivity index (χ3n) is 4.90. The van der Waals surface area contributed by atoms with Gasteiger partial charge in [0.2, 0.25) is 5.91 Å². The van der Waals surface area contributed by atoms with Gasteiger partial charge < -0.3 is 10.4 Å². The van der Waals surface area contributed by atoms with Crippen LogP contribution < -0.4 is 5.32 Å². The first-order valence-corrected chi connectivity index (χ1v) is 7.42. The van der Waals surface area contributed by atoms with Gasteiger partial charge in [-0.2, -0.15) is 0 Å². The summed E-state index contributed by atoms with van der Waals surface area (Å²) in [5, 5.41) is 12.3. The fraction of sp³-hybridized carbons (Fsp3) is 0.867. The van der Waals surface area contributed by atoms with Gasteiger partial charge in [-0.1, -0.05) is 40.0 Å². The van der Waals surface area contributed by atoms with E-state index in [0.717, 1.165) is 25.7 Å². The summed E-state index contributed by atoms with van der Waals surface area (Å²) in [5.41, 5.74) is -1.12. The zero-order valence-corrected chi connectivity index (χ0v) is 12.4. The van der Waals surface area contributed by atoms with Crippen LogP contribution in [0.15, 0.2) is 0 Å². The minimum absolute atomic E-state index is 0.0275. The summed E-state index contributed by atoms with van der Waals surface area (Å²) in [6, 6.07) is 0. The van der Waals surface area contributed by atoms with Gasteiger partial charge in [0.1, 0.15) is 0 Å². The van der Waals surface area contributed by atoms with Gasteiger partial charge in [0.15, 0.2) is 0 Å². The molecule has 1 rings (SSSR count). The van der Waals surface area contributed by atoms with Crippen LogP contribution in [-0.4, -0.2) is 23.5 Å². The van der Waals surface area contributed by atoms with Crippen LogP contribution in [0, 0.1) is 10.8 Å². The number of carbonyl (C=O) groups is 2. The second-order valence-electron chi connectivity index (χ2n) is 6.10. The molecule has 1 saturated carbocycles. The van der Waals surface area contributed by atoms with E-state index in [1.54, 1.807) is 0 Å². The number of amides is 1. The molecule has 2 N–H and O–H groups in total. The van der Waals surface area contributed by atoms with Crippen molar-refractivity contribution in [3.8, 4) is 0 Å². The van der Waals surface area contributed by atoms with Crippen LogP contribution in [-0.2, 0) is 9.59 Å². The molecule has 0 atom stereocenters. The summed E-state index contributed by atoms with van der Waals surface area (Å²) < 4.78 is 0. The second kappa shape index (κ2) is 6.40. The second-order valence-corrected chi connectivity index (χ2v) is 6.10. The Kier molecular flexibility index (Phi) is 5.39. The number of carbonyl (C=O) groups excluding carboxylic acids is 1. The Labute approximate surface area is 116 Å². The zero-order chi connectivity index (χ0) is 14.5. The highest BCUT2D eigenvalue weighted by atomic mass is 16.4. The Morgan fingerprint density at radius 3 is 2.11 bits per heavy atom. The molecule has 0 saturated heterocycles. The highest BCUT2D eigenvalue weighted by Gasteiger charge is 2.39. The fourth-order valence-electron chi connectivity index (χ4n) is 2.90. The van der Waals surface area contributed by atoms with Crippen molar-refractivity contribution in [1.29, 1.82) is 0 Å². The van der Waals surface area contributed by atoms with Crippen LogP contribution in [0.4, 0.5) is 0 Å². The Bertz CT molecular complexity index is 328. The molecule has 0 radical (unpaired) electrons. The van der Waals surface area contributed by atoms with Crippen molar-refractivity contribution in [2.75, 3.05) is 6.54 Å². The highest BCUT2D eigenvalue weighted by molar-refractivity contribution is 5.83. The van der Waals surface area contributed by atoms with Crippen LogP contribution in [0.25, 0.3) is 0 Å². The van der Waals surface area contributed by atoms with Gasteiger partial charge in [-0.3, -0.25) is 9.59 Å². The van der Waals surface area contributed by atoms with E-state index < -0.39 is 11.4 Å². The van der Waals surface area contributed by atoms with Crippen molar-refractivity contribution in [2.45, 2.75) is 65.7 Å². The molecule has 4 heteroatoms. The van der Waals surface area contributed by atoms with E-state index in [0.29, 0.717) is 12.8 Å². The van der Waals surface area contributed by atoms with Crippen LogP contribution in [0.3, 0.4) is 0 Å². The van der Waals surface area contributed by atoms with E-state index >= 15 is 0 Å². The quantitative estimate of drug-likeness (QED) is 0.779. The van der Waals surface area contributed by atoms with Crippen molar-refractivity contribution >= 4 is 11.9 Å². The maximum atomic E-state index is 12.3. The van der Waals surface area contributed by atoms with Gasteiger partial charge in [0, 0.05) is 12.0 Å². The largest absolute Gasteiger partial charge is 0.481 e. The number of hydrogen-bond acceptors (Lipinski definition) is 2. The standard InChI is InChI=1S/C15H27NO3/c1-4-15(5-2,13(18)19)11-16-12(17)14(3)9-7-6-8-10-14/h4-11H2,1-3H3,(H,16,17)(H,18,19). The van der Waals surface area contributed by atoms with Crippen molar-refractivity contribution < 1.29 is 14.7 Å². The molecule has 1 fully saturated rings. The normalized spacial score (nSPS) is 18.9. The SMILES string of the molecule is CCC(CC)(CNC(=O)C1(C)CCCCC1)C(=O)O. The number of aliphatic carboxylic acids is 1. The molecule has 1 aliphatic carbocycles. The topological polar surface area (TPSA) is 66.4 Å². The number of carboxylic acids is 1. The van der Waals surface area contributed by atoms with Crippen LogP contribution in [0.5, 0.6) is 0 Å². The third kappa shape index (κ3) is 3.48. The third-order valence-corrected chi connectivity index (χ3v) is 4.90. The molecule has 4 nitrogen and oxygen atoms in total. The molecule has 19 heavy (non-hydrogen) atoms. The molecular formula is C15H27NO3. The van der Waals surface area contributed by atoms with Crippen molar-refractivity contribution in [1.82, 2.24) is 5.32 Å². The molecule has 0 aromatic carbocycles. The fourth-order valence-corrected chi connectivity index (χ4v) is 2.90. The molecule has 0 spiro atoms. The van der Waals surface area contributed by atoms with Crippen molar-refractivity contribution in [3.63, 3.8) is 0 Å². The van der Waals surface area contributed by atoms with E-state index in [2.05, 4.69) is 5.32 Å². The predicted molar refractivity (Wildman–Crippen MR) is 74.9 cm³/mol. The lowest BCUT2D eigenvalue weighted by Gasteiger charge is -2.34. The Morgan fingerprint density at radius 2 is 1.68 bits per heavy atom. The first-order valence-electron chi connectivity index (χ1n) is 7.42. The summed E-state index contributed by atoms with van der Waals surface area (Å²) >= 11 is 0. The first kappa shape index (κ1) is 16.0. The van der Waals surface area contributed by atoms with Gasteiger partial charge >= 0.3 is 5.97 Å². The van der Waals surface area contributed by atoms with Crippen LogP contribution in [0.2, 0.25) is 0 Å². The van der Waals surface area contributed by atoms with Gasteiger partial charge in [0.25, 0.3) is 0 Å². The monoisotopic (exact) mass is 269 g/mol. The minimum Gasteiger partial charge on any atom is -0.481 e. The molecule has 0 heterocycles. The van der Waals surface area contributed by atoms with Crippen molar-refractivity contribution in [2.24, 2.45) is 10.8 Å². The molecule has 0 unspecified atom stereocenters. The maximum absolute atomic E-state index is 12.3. The smallest absolute Gasteiger partial charge is 0.311 e. The lowest BCUT2D eigenvalue weighted by molar-refractivity contribution is -0.149. The molecule has 1 amide bonds. The zero-order valence-electron chi connectivity index (χ0n) is 12.4. The molecule has 0 aromatic rings. The van der Waals surface area contributed by atoms with Gasteiger partial charge in [-0.25, -0.2) is 0 Å². The molecule has 0 aromatic heterocycles. The van der Waals surface area contributed by atoms with Gasteiger partial charge in [-0.05, 0) is 25.7 Å². The first-order chi connectivity index (χ1) is 8.90. The van der Waals surface area contributed by atoms with E-state index in [1.807, 2.05) is 20.8 Å². The van der Waals surface area contributed by atoms with Gasteiger partial charge in [0.05, 0.1) is 5.41 Å². The number of carboxylic acid groups (broad SMARTS) is 1. The predicted octanol–water partition coefficient (Wildman–Crippen LogP) is 2.96. The van der Waals surface area contributed by atoms with Crippen molar-refractivity contribution in [3.05, 3.63) is 0 Å². The van der Waals surface area contributed by atoms with Crippen LogP contribution in [0.1, 0.15) is 65.7 Å². The summed E-state index contributed by atoms with van der Waals surface area (Å²) in [4.78, 5) is 23.7. The van der Waals surface area contributed by atoms with E-state index in [-0.39, 0.29) is 17.9 Å². The average molecular weight is 269 g/mol. The van der Waals surface area contributed by atoms with Crippen LogP contribution >= 0.6 is 0 Å². The number of hydrogen-bond donors (Lipinski definition) is 2. The minimum atomic E-state index is -0.819. The van der Waals surface area contributed by atoms with E-state index in [1.165, 1.54) is 6.42 Å². The molecule has 110 valence electrons.